The number of carbonyl (C=O) groups is 2. The molecule has 0 aliphatic carbocycles. The number of benzene rings is 1. The maximum absolute atomic E-state index is 12.0. The monoisotopic (exact) mass is 258 g/mol. The minimum Gasteiger partial charge on any atom is -0.273 e. The summed E-state index contributed by atoms with van der Waals surface area (Å²) in [7, 11) is 0. The minimum absolute atomic E-state index is 0.175. The summed E-state index contributed by atoms with van der Waals surface area (Å²) in [5.74, 6) is -0.544. The van der Waals surface area contributed by atoms with Gasteiger partial charge in [0.15, 0.2) is 0 Å². The van der Waals surface area contributed by atoms with Crippen molar-refractivity contribution in [1.29, 1.82) is 0 Å². The molecule has 2 rings (SSSR count). The number of carbonyl (C=O) groups excluding carboxylic acids is 2. The smallest absolute Gasteiger partial charge is 0.267 e. The number of hydrogen-bond donors (Lipinski definition) is 0. The zero-order chi connectivity index (χ0) is 14.0. The second-order valence-electron chi connectivity index (χ2n) is 5.28. The lowest BCUT2D eigenvalue weighted by Gasteiger charge is -2.34. The highest BCUT2D eigenvalue weighted by Gasteiger charge is 2.45. The van der Waals surface area contributed by atoms with E-state index < -0.39 is 0 Å². The summed E-state index contributed by atoms with van der Waals surface area (Å²) in [5.41, 5.74) is 0.693. The molecule has 0 spiro atoms. The Morgan fingerprint density at radius 1 is 1.37 bits per heavy atom. The molecule has 0 unspecified atom stereocenters. The predicted molar refractivity (Wildman–Crippen MR) is 72.7 cm³/mol. The van der Waals surface area contributed by atoms with Crippen LogP contribution in [0.1, 0.15) is 25.8 Å². The molecule has 2 amide bonds. The first-order valence-corrected chi connectivity index (χ1v) is 6.26. The topological polar surface area (TPSA) is 40.6 Å². The van der Waals surface area contributed by atoms with Crippen LogP contribution in [0.25, 0.3) is 0 Å². The van der Waals surface area contributed by atoms with Crippen LogP contribution in [-0.2, 0) is 16.1 Å². The van der Waals surface area contributed by atoms with Gasteiger partial charge in [0.2, 0.25) is 5.91 Å². The fourth-order valence-electron chi connectivity index (χ4n) is 2.31. The molecular weight excluding hydrogens is 240 g/mol. The molecule has 0 bridgehead atoms. The van der Waals surface area contributed by atoms with E-state index >= 15 is 0 Å². The molecule has 0 radical (unpaired) electrons. The van der Waals surface area contributed by atoms with Gasteiger partial charge in [-0.05, 0) is 25.5 Å². The van der Waals surface area contributed by atoms with Crippen LogP contribution >= 0.6 is 0 Å². The summed E-state index contributed by atoms with van der Waals surface area (Å²) >= 11 is 0. The van der Waals surface area contributed by atoms with Gasteiger partial charge in [0.25, 0.3) is 5.91 Å². The Bertz CT molecular complexity index is 508. The molecule has 4 nitrogen and oxygen atoms in total. The highest BCUT2D eigenvalue weighted by molar-refractivity contribution is 6.01. The lowest BCUT2D eigenvalue weighted by atomic mass is 10.0. The fourth-order valence-corrected chi connectivity index (χ4v) is 2.31. The van der Waals surface area contributed by atoms with Gasteiger partial charge in [-0.1, -0.05) is 36.9 Å². The first kappa shape index (κ1) is 13.5. The molecule has 0 aromatic heterocycles. The van der Waals surface area contributed by atoms with E-state index in [4.69, 9.17) is 0 Å². The predicted octanol–water partition coefficient (Wildman–Crippen LogP) is 2.13. The molecule has 0 saturated carbocycles. The first-order valence-electron chi connectivity index (χ1n) is 6.26. The molecule has 1 aliphatic rings. The Balaban J connectivity index is 2.30. The second kappa shape index (κ2) is 4.97. The summed E-state index contributed by atoms with van der Waals surface area (Å²) in [5, 5.41) is 3.02. The zero-order valence-electron chi connectivity index (χ0n) is 11.3. The van der Waals surface area contributed by atoms with E-state index in [0.29, 0.717) is 13.0 Å². The summed E-state index contributed by atoms with van der Waals surface area (Å²) in [6.45, 7) is 7.91. The summed E-state index contributed by atoms with van der Waals surface area (Å²) in [6.07, 6.45) is 1.51. The number of hydrazine groups is 1. The Morgan fingerprint density at radius 2 is 2.00 bits per heavy atom. The maximum atomic E-state index is 12.0. The molecule has 1 fully saturated rings. The van der Waals surface area contributed by atoms with E-state index in [2.05, 4.69) is 6.58 Å². The van der Waals surface area contributed by atoms with E-state index in [1.165, 1.54) is 11.1 Å². The van der Waals surface area contributed by atoms with Crippen molar-refractivity contribution in [3.8, 4) is 0 Å². The average molecular weight is 258 g/mol. The molecule has 19 heavy (non-hydrogen) atoms. The van der Waals surface area contributed by atoms with Gasteiger partial charge in [0.1, 0.15) is 0 Å². The normalized spacial score (nSPS) is 18.6. The Morgan fingerprint density at radius 3 is 2.58 bits per heavy atom. The molecule has 0 N–H and O–H groups in total. The van der Waals surface area contributed by atoms with E-state index in [0.717, 1.165) is 5.56 Å². The summed E-state index contributed by atoms with van der Waals surface area (Å²) in [4.78, 5) is 23.9. The van der Waals surface area contributed by atoms with Crippen molar-refractivity contribution < 1.29 is 9.59 Å². The quantitative estimate of drug-likeness (QED) is 0.780. The van der Waals surface area contributed by atoms with Gasteiger partial charge in [-0.25, -0.2) is 10.0 Å². The van der Waals surface area contributed by atoms with E-state index in [1.54, 1.807) is 0 Å². The van der Waals surface area contributed by atoms with Crippen LogP contribution in [0, 0.1) is 0 Å². The van der Waals surface area contributed by atoms with E-state index in [9.17, 15) is 9.59 Å². The Labute approximate surface area is 113 Å². The highest BCUT2D eigenvalue weighted by atomic mass is 16.2. The van der Waals surface area contributed by atoms with Crippen molar-refractivity contribution >= 4 is 11.8 Å². The Kier molecular flexibility index (Phi) is 3.53. The summed E-state index contributed by atoms with van der Waals surface area (Å²) in [6, 6.07) is 9.79. The van der Waals surface area contributed by atoms with Crippen LogP contribution in [-0.4, -0.2) is 27.4 Å². The van der Waals surface area contributed by atoms with Crippen LogP contribution in [0.3, 0.4) is 0 Å². The third-order valence-electron chi connectivity index (χ3n) is 3.32. The van der Waals surface area contributed by atoms with Gasteiger partial charge in [0.05, 0.1) is 0 Å². The van der Waals surface area contributed by atoms with Gasteiger partial charge in [-0.2, -0.15) is 0 Å². The van der Waals surface area contributed by atoms with Crippen LogP contribution in [0.5, 0.6) is 0 Å². The largest absolute Gasteiger partial charge is 0.273 e. The number of nitrogens with zero attached hydrogens (tertiary/aromatic N) is 2. The molecule has 100 valence electrons. The average Bonchev–Trinajstić information content (AvgIpc) is 2.59. The van der Waals surface area contributed by atoms with Crippen molar-refractivity contribution in [2.45, 2.75) is 32.4 Å². The molecule has 4 heteroatoms. The summed E-state index contributed by atoms with van der Waals surface area (Å²) < 4.78 is 0. The standard InChI is InChI=1S/C15H18N2O2/c1-4-13(18)17-14(19)10-15(2,3)16(17)11-12-8-6-5-7-9-12/h4-9H,1,10-11H2,2-3H3. The first-order chi connectivity index (χ1) is 8.95. The van der Waals surface area contributed by atoms with Gasteiger partial charge in [-0.3, -0.25) is 9.59 Å². The molecule has 1 aromatic rings. The molecule has 0 atom stereocenters. The van der Waals surface area contributed by atoms with Crippen molar-refractivity contribution in [3.05, 3.63) is 48.6 Å². The van der Waals surface area contributed by atoms with Gasteiger partial charge < -0.3 is 0 Å². The minimum atomic E-state index is -0.369. The lowest BCUT2D eigenvalue weighted by molar-refractivity contribution is -0.157. The number of hydrogen-bond acceptors (Lipinski definition) is 3. The number of amides is 2. The van der Waals surface area contributed by atoms with Gasteiger partial charge >= 0.3 is 0 Å². The molecule has 1 aromatic carbocycles. The number of imide groups is 1. The second-order valence-corrected chi connectivity index (χ2v) is 5.28. The van der Waals surface area contributed by atoms with Crippen molar-refractivity contribution in [1.82, 2.24) is 10.0 Å². The van der Waals surface area contributed by atoms with Crippen molar-refractivity contribution in [2.75, 3.05) is 0 Å². The van der Waals surface area contributed by atoms with Gasteiger partial charge in [0, 0.05) is 18.5 Å². The van der Waals surface area contributed by atoms with Crippen LogP contribution in [0.2, 0.25) is 0 Å². The van der Waals surface area contributed by atoms with Crippen LogP contribution < -0.4 is 0 Å². The van der Waals surface area contributed by atoms with Gasteiger partial charge in [-0.15, -0.1) is 0 Å². The number of rotatable bonds is 3. The third-order valence-corrected chi connectivity index (χ3v) is 3.32. The van der Waals surface area contributed by atoms with Crippen molar-refractivity contribution in [3.63, 3.8) is 0 Å². The highest BCUT2D eigenvalue weighted by Crippen LogP contribution is 2.31. The lowest BCUT2D eigenvalue weighted by Crippen LogP contribution is -2.48. The van der Waals surface area contributed by atoms with E-state index in [-0.39, 0.29) is 17.4 Å². The fraction of sp³-hybridized carbons (Fsp3) is 0.333. The SMILES string of the molecule is C=CC(=O)N1C(=O)CC(C)(C)N1Cc1ccccc1. The molecule has 1 heterocycles. The van der Waals surface area contributed by atoms with Crippen LogP contribution in [0.15, 0.2) is 43.0 Å². The Hall–Kier alpha value is -1.94. The molecule has 1 aliphatic heterocycles. The molecule has 1 saturated heterocycles. The maximum Gasteiger partial charge on any atom is 0.267 e. The molecular formula is C15H18N2O2. The van der Waals surface area contributed by atoms with Crippen molar-refractivity contribution in [2.24, 2.45) is 0 Å². The zero-order valence-corrected chi connectivity index (χ0v) is 11.3. The van der Waals surface area contributed by atoms with E-state index in [1.807, 2.05) is 49.2 Å². The third kappa shape index (κ3) is 2.58. The van der Waals surface area contributed by atoms with Crippen LogP contribution in [0.4, 0.5) is 0 Å².